The van der Waals surface area contributed by atoms with E-state index in [4.69, 9.17) is 5.73 Å². The number of benzene rings is 2. The molecule has 106 valence electrons. The van der Waals surface area contributed by atoms with Crippen LogP contribution in [0.2, 0.25) is 0 Å². The number of nitrogens with two attached hydrogens (primary N) is 1. The maximum absolute atomic E-state index is 12.2. The van der Waals surface area contributed by atoms with Crippen molar-refractivity contribution in [3.8, 4) is 0 Å². The molecule has 2 aromatic rings. The van der Waals surface area contributed by atoms with Crippen LogP contribution in [-0.4, -0.2) is 15.0 Å². The van der Waals surface area contributed by atoms with Crippen molar-refractivity contribution in [3.63, 3.8) is 0 Å². The summed E-state index contributed by atoms with van der Waals surface area (Å²) in [6.45, 7) is 0.341. The second kappa shape index (κ2) is 6.39. The summed E-state index contributed by atoms with van der Waals surface area (Å²) in [5.74, 6) is 0. The minimum absolute atomic E-state index is 0.158. The molecule has 0 aliphatic carbocycles. The lowest BCUT2D eigenvalue weighted by Crippen LogP contribution is -2.26. The van der Waals surface area contributed by atoms with Gasteiger partial charge in [-0.15, -0.1) is 0 Å². The molecule has 0 spiro atoms. The molecule has 0 bridgehead atoms. The van der Waals surface area contributed by atoms with Crippen LogP contribution >= 0.6 is 15.9 Å². The van der Waals surface area contributed by atoms with Crippen molar-refractivity contribution >= 4 is 31.6 Å². The number of halogens is 1. The summed E-state index contributed by atoms with van der Waals surface area (Å²) in [6.07, 6.45) is 0.639. The highest BCUT2D eigenvalue weighted by Crippen LogP contribution is 2.23. The molecule has 0 aliphatic rings. The Morgan fingerprint density at radius 1 is 1.10 bits per heavy atom. The van der Waals surface area contributed by atoms with Crippen molar-refractivity contribution in [1.29, 1.82) is 0 Å². The zero-order valence-corrected chi connectivity index (χ0v) is 13.1. The summed E-state index contributed by atoms with van der Waals surface area (Å²) in [5, 5.41) is 0. The number of hydrogen-bond acceptors (Lipinski definition) is 3. The predicted octanol–water partition coefficient (Wildman–Crippen LogP) is 2.55. The molecule has 4 nitrogen and oxygen atoms in total. The van der Waals surface area contributed by atoms with E-state index in [9.17, 15) is 8.42 Å². The van der Waals surface area contributed by atoms with Crippen LogP contribution < -0.4 is 10.5 Å². The number of anilines is 1. The molecule has 2 rings (SSSR count). The molecule has 0 saturated heterocycles. The summed E-state index contributed by atoms with van der Waals surface area (Å²) >= 11 is 3.23. The summed E-state index contributed by atoms with van der Waals surface area (Å²) in [4.78, 5) is 0.158. The van der Waals surface area contributed by atoms with Gasteiger partial charge in [0.1, 0.15) is 0 Å². The average Bonchev–Trinajstić information content (AvgIpc) is 2.42. The van der Waals surface area contributed by atoms with E-state index in [1.807, 2.05) is 30.3 Å². The van der Waals surface area contributed by atoms with Crippen LogP contribution in [0.15, 0.2) is 57.9 Å². The fourth-order valence-electron chi connectivity index (χ4n) is 1.78. The molecule has 0 amide bonds. The van der Waals surface area contributed by atoms with Crippen LogP contribution in [0, 0.1) is 0 Å². The first-order valence-corrected chi connectivity index (χ1v) is 8.35. The van der Waals surface area contributed by atoms with Crippen molar-refractivity contribution in [2.24, 2.45) is 0 Å². The Balaban J connectivity index is 2.06. The predicted molar refractivity (Wildman–Crippen MR) is 83.9 cm³/mol. The molecule has 0 saturated carbocycles. The molecule has 0 heterocycles. The zero-order valence-electron chi connectivity index (χ0n) is 10.7. The SMILES string of the molecule is Nc1ccc(Br)c(S(=O)(=O)NCCc2ccccc2)c1. The number of nitrogen functional groups attached to an aromatic ring is 1. The van der Waals surface area contributed by atoms with E-state index in [-0.39, 0.29) is 4.90 Å². The smallest absolute Gasteiger partial charge is 0.241 e. The topological polar surface area (TPSA) is 72.2 Å². The Hall–Kier alpha value is -1.37. The lowest BCUT2D eigenvalue weighted by atomic mass is 10.2. The third-order valence-electron chi connectivity index (χ3n) is 2.79. The molecule has 3 N–H and O–H groups in total. The number of nitrogens with one attached hydrogen (secondary N) is 1. The quantitative estimate of drug-likeness (QED) is 0.810. The van der Waals surface area contributed by atoms with Crippen molar-refractivity contribution in [2.45, 2.75) is 11.3 Å². The van der Waals surface area contributed by atoms with E-state index in [1.54, 1.807) is 12.1 Å². The summed E-state index contributed by atoms with van der Waals surface area (Å²) in [6, 6.07) is 14.4. The highest BCUT2D eigenvalue weighted by atomic mass is 79.9. The number of hydrogen-bond donors (Lipinski definition) is 2. The largest absolute Gasteiger partial charge is 0.399 e. The van der Waals surface area contributed by atoms with Crippen LogP contribution in [-0.2, 0) is 16.4 Å². The first-order valence-electron chi connectivity index (χ1n) is 6.08. The van der Waals surface area contributed by atoms with Crippen molar-refractivity contribution in [3.05, 3.63) is 58.6 Å². The molecular weight excluding hydrogens is 340 g/mol. The second-order valence-corrected chi connectivity index (χ2v) is 6.91. The van der Waals surface area contributed by atoms with Gasteiger partial charge in [-0.05, 0) is 46.1 Å². The minimum Gasteiger partial charge on any atom is -0.399 e. The third kappa shape index (κ3) is 3.82. The fraction of sp³-hybridized carbons (Fsp3) is 0.143. The van der Waals surface area contributed by atoms with Gasteiger partial charge in [-0.25, -0.2) is 13.1 Å². The zero-order chi connectivity index (χ0) is 14.6. The van der Waals surface area contributed by atoms with Gasteiger partial charge < -0.3 is 5.73 Å². The van der Waals surface area contributed by atoms with Gasteiger partial charge in [0.2, 0.25) is 10.0 Å². The number of sulfonamides is 1. The molecule has 2 aromatic carbocycles. The van der Waals surface area contributed by atoms with Crippen LogP contribution in [0.1, 0.15) is 5.56 Å². The lowest BCUT2D eigenvalue weighted by molar-refractivity contribution is 0.581. The Bertz CT molecular complexity index is 688. The van der Waals surface area contributed by atoms with Gasteiger partial charge in [-0.2, -0.15) is 0 Å². The molecular formula is C14H15BrN2O2S. The molecule has 0 fully saturated rings. The van der Waals surface area contributed by atoms with E-state index in [1.165, 1.54) is 6.07 Å². The standard InChI is InChI=1S/C14H15BrN2O2S/c15-13-7-6-12(16)10-14(13)20(18,19)17-9-8-11-4-2-1-3-5-11/h1-7,10,17H,8-9,16H2. The maximum Gasteiger partial charge on any atom is 0.241 e. The minimum atomic E-state index is -3.56. The fourth-order valence-corrected chi connectivity index (χ4v) is 3.81. The summed E-state index contributed by atoms with van der Waals surface area (Å²) in [7, 11) is -3.56. The van der Waals surface area contributed by atoms with E-state index >= 15 is 0 Å². The van der Waals surface area contributed by atoms with Gasteiger partial charge in [-0.1, -0.05) is 30.3 Å². The normalized spacial score (nSPS) is 11.4. The Labute approximate surface area is 127 Å². The maximum atomic E-state index is 12.2. The van der Waals surface area contributed by atoms with Gasteiger partial charge in [0, 0.05) is 16.7 Å². The van der Waals surface area contributed by atoms with Crippen molar-refractivity contribution in [2.75, 3.05) is 12.3 Å². The van der Waals surface area contributed by atoms with Gasteiger partial charge in [-0.3, -0.25) is 0 Å². The molecule has 0 atom stereocenters. The van der Waals surface area contributed by atoms with Gasteiger partial charge in [0.05, 0.1) is 4.90 Å². The highest BCUT2D eigenvalue weighted by Gasteiger charge is 2.17. The first-order chi connectivity index (χ1) is 9.49. The molecule has 0 unspecified atom stereocenters. The molecule has 6 heteroatoms. The lowest BCUT2D eigenvalue weighted by Gasteiger charge is -2.09. The first kappa shape index (κ1) is 15.0. The molecule has 0 aliphatic heterocycles. The highest BCUT2D eigenvalue weighted by molar-refractivity contribution is 9.10. The van der Waals surface area contributed by atoms with E-state index < -0.39 is 10.0 Å². The summed E-state index contributed by atoms with van der Waals surface area (Å²) < 4.78 is 27.5. The monoisotopic (exact) mass is 354 g/mol. The Morgan fingerprint density at radius 3 is 2.50 bits per heavy atom. The van der Waals surface area contributed by atoms with E-state index in [0.29, 0.717) is 23.1 Å². The molecule has 0 aromatic heterocycles. The Kier molecular flexibility index (Phi) is 4.80. The van der Waals surface area contributed by atoms with Gasteiger partial charge in [0.15, 0.2) is 0 Å². The number of rotatable bonds is 5. The molecule has 20 heavy (non-hydrogen) atoms. The average molecular weight is 355 g/mol. The summed E-state index contributed by atoms with van der Waals surface area (Å²) in [5.41, 5.74) is 7.13. The second-order valence-electron chi connectivity index (χ2n) is 4.32. The van der Waals surface area contributed by atoms with Crippen LogP contribution in [0.5, 0.6) is 0 Å². The third-order valence-corrected chi connectivity index (χ3v) is 5.25. The van der Waals surface area contributed by atoms with E-state index in [2.05, 4.69) is 20.7 Å². The van der Waals surface area contributed by atoms with Crippen LogP contribution in [0.4, 0.5) is 5.69 Å². The molecule has 0 radical (unpaired) electrons. The Morgan fingerprint density at radius 2 is 1.80 bits per heavy atom. The van der Waals surface area contributed by atoms with E-state index in [0.717, 1.165) is 5.56 Å². The van der Waals surface area contributed by atoms with Gasteiger partial charge >= 0.3 is 0 Å². The van der Waals surface area contributed by atoms with Crippen molar-refractivity contribution < 1.29 is 8.42 Å². The van der Waals surface area contributed by atoms with Crippen LogP contribution in [0.3, 0.4) is 0 Å². The van der Waals surface area contributed by atoms with Crippen LogP contribution in [0.25, 0.3) is 0 Å². The van der Waals surface area contributed by atoms with Crippen molar-refractivity contribution in [1.82, 2.24) is 4.72 Å². The van der Waals surface area contributed by atoms with Gasteiger partial charge in [0.25, 0.3) is 0 Å².